The highest BCUT2D eigenvalue weighted by atomic mass is 19.3. The fraction of sp³-hybridized carbons (Fsp3) is 1.00. The Hall–Kier alpha value is -0.250. The molecule has 6 heavy (non-hydrogen) atoms. The normalized spacial score (nSPS) is 12.0. The molecule has 0 spiro atoms. The van der Waals surface area contributed by atoms with Crippen molar-refractivity contribution in [2.45, 2.75) is 6.11 Å². The van der Waals surface area contributed by atoms with Gasteiger partial charge in [-0.2, -0.15) is 0 Å². The van der Waals surface area contributed by atoms with Crippen LogP contribution in [0.2, 0.25) is 0 Å². The van der Waals surface area contributed by atoms with E-state index >= 15 is 0 Å². The number of halogens is 3. The van der Waals surface area contributed by atoms with Gasteiger partial charge in [0.05, 0.1) is 0 Å². The molecule has 0 aliphatic rings. The van der Waals surface area contributed by atoms with Crippen LogP contribution in [0.4, 0.5) is 13.2 Å². The zero-order valence-corrected chi connectivity index (χ0v) is 2.75. The lowest BCUT2D eigenvalue weighted by Crippen LogP contribution is -2.35. The second-order valence-electron chi connectivity index (χ2n) is 0.771. The number of hydrogen-bond donors (Lipinski definition) is 0. The maximum atomic E-state index is 10.5. The average Bonchev–Trinajstić information content (AvgIpc) is 1.35. The molecule has 1 nitrogen and oxygen atoms in total. The van der Waals surface area contributed by atoms with Gasteiger partial charge >= 0.3 is 0 Å². The molecule has 0 unspecified atom stereocenters. The summed E-state index contributed by atoms with van der Waals surface area (Å²) < 4.78 is 31.5. The van der Waals surface area contributed by atoms with E-state index in [1.54, 1.807) is 0 Å². The maximum absolute atomic E-state index is 10.5. The van der Waals surface area contributed by atoms with Gasteiger partial charge < -0.3 is 5.11 Å². The van der Waals surface area contributed by atoms with Crippen LogP contribution in [0.3, 0.4) is 0 Å². The van der Waals surface area contributed by atoms with Gasteiger partial charge in [0.15, 0.2) is 0 Å². The van der Waals surface area contributed by atoms with E-state index in [0.717, 1.165) is 0 Å². The van der Waals surface area contributed by atoms with Crippen molar-refractivity contribution < 1.29 is 18.3 Å². The molecule has 0 aromatic carbocycles. The van der Waals surface area contributed by atoms with E-state index in [9.17, 15) is 13.2 Å². The molecule has 0 fully saturated rings. The van der Waals surface area contributed by atoms with Crippen LogP contribution in [0.1, 0.15) is 0 Å². The highest BCUT2D eigenvalue weighted by Crippen LogP contribution is 2.01. The zero-order chi connectivity index (χ0) is 5.21. The summed E-state index contributed by atoms with van der Waals surface area (Å²) >= 11 is 0. The molecular weight excluding hydrogens is 97.0 g/mol. The first kappa shape index (κ1) is 5.75. The Labute approximate surface area is 32.4 Å². The Morgan fingerprint density at radius 2 is 1.67 bits per heavy atom. The zero-order valence-electron chi connectivity index (χ0n) is 2.75. The number of alkyl halides is 3. The third-order valence-electron chi connectivity index (χ3n) is 0.156. The van der Waals surface area contributed by atoms with E-state index in [2.05, 4.69) is 0 Å². The molecular formula is C2H2F3O-. The Kier molecular flexibility index (Phi) is 1.40. The van der Waals surface area contributed by atoms with Crippen molar-refractivity contribution in [2.24, 2.45) is 0 Å². The molecule has 0 saturated carbocycles. The second-order valence-corrected chi connectivity index (χ2v) is 0.771. The minimum absolute atomic E-state index is 2.12. The molecule has 38 valence electrons. The van der Waals surface area contributed by atoms with E-state index in [0.29, 0.717) is 0 Å². The van der Waals surface area contributed by atoms with Crippen LogP contribution in [0, 0.1) is 0 Å². The number of hydrogen-bond acceptors (Lipinski definition) is 1. The van der Waals surface area contributed by atoms with E-state index in [-0.39, 0.29) is 0 Å². The smallest absolute Gasteiger partial charge is 0.215 e. The third-order valence-corrected chi connectivity index (χ3v) is 0.156. The summed E-state index contributed by atoms with van der Waals surface area (Å²) in [7, 11) is 0. The van der Waals surface area contributed by atoms with Crippen molar-refractivity contribution in [1.29, 1.82) is 0 Å². The van der Waals surface area contributed by atoms with Crippen LogP contribution in [0.15, 0.2) is 0 Å². The summed E-state index contributed by atoms with van der Waals surface area (Å²) in [5.74, 6) is 0. The lowest BCUT2D eigenvalue weighted by molar-refractivity contribution is -0.571. The van der Waals surface area contributed by atoms with Crippen LogP contribution in [0.5, 0.6) is 0 Å². The van der Waals surface area contributed by atoms with Crippen LogP contribution in [-0.4, -0.2) is 12.8 Å². The van der Waals surface area contributed by atoms with Gasteiger partial charge in [0.2, 0.25) is 6.11 Å². The molecule has 0 heterocycles. The number of rotatable bonds is 1. The Morgan fingerprint density at radius 3 is 1.67 bits per heavy atom. The largest absolute Gasteiger partial charge is 0.796 e. The van der Waals surface area contributed by atoms with E-state index < -0.39 is 12.8 Å². The molecule has 0 atom stereocenters. The van der Waals surface area contributed by atoms with Gasteiger partial charge in [-0.25, -0.2) is 13.2 Å². The average molecular weight is 99.0 g/mol. The van der Waals surface area contributed by atoms with Crippen LogP contribution < -0.4 is 5.11 Å². The minimum atomic E-state index is -4.38. The van der Waals surface area contributed by atoms with Gasteiger partial charge in [-0.3, -0.25) is 0 Å². The summed E-state index contributed by atoms with van der Waals surface area (Å²) in [5.41, 5.74) is 0. The molecule has 0 saturated heterocycles. The van der Waals surface area contributed by atoms with Gasteiger partial charge in [-0.15, -0.1) is 0 Å². The first-order valence-electron chi connectivity index (χ1n) is 1.20. The van der Waals surface area contributed by atoms with Crippen LogP contribution in [-0.2, 0) is 0 Å². The molecule has 0 rings (SSSR count). The fourth-order valence-electron chi connectivity index (χ4n) is 0. The van der Waals surface area contributed by atoms with Gasteiger partial charge in [0, 0.05) is 0 Å². The Balaban J connectivity index is 3.17. The van der Waals surface area contributed by atoms with Crippen LogP contribution in [0.25, 0.3) is 0 Å². The lowest BCUT2D eigenvalue weighted by Gasteiger charge is -2.14. The first-order chi connectivity index (χ1) is 2.56. The van der Waals surface area contributed by atoms with E-state index in [1.165, 1.54) is 0 Å². The van der Waals surface area contributed by atoms with Gasteiger partial charge in [-0.1, -0.05) is 0 Å². The maximum Gasteiger partial charge on any atom is 0.215 e. The van der Waals surface area contributed by atoms with Gasteiger partial charge in [0.1, 0.15) is 6.67 Å². The summed E-state index contributed by atoms with van der Waals surface area (Å²) in [5, 5.41) is 8.76. The van der Waals surface area contributed by atoms with Crippen molar-refractivity contribution in [3.8, 4) is 0 Å². The third kappa shape index (κ3) is 3.75. The molecule has 0 radical (unpaired) electrons. The van der Waals surface area contributed by atoms with E-state index in [4.69, 9.17) is 5.11 Å². The van der Waals surface area contributed by atoms with Gasteiger partial charge in [-0.05, 0) is 0 Å². The molecule has 4 heteroatoms. The van der Waals surface area contributed by atoms with Crippen molar-refractivity contribution in [3.05, 3.63) is 0 Å². The summed E-state index contributed by atoms with van der Waals surface area (Å²) in [6.07, 6.45) is -4.38. The first-order valence-corrected chi connectivity index (χ1v) is 1.20. The summed E-state index contributed by atoms with van der Waals surface area (Å²) in [6.45, 7) is -2.12. The molecule has 0 aliphatic heterocycles. The van der Waals surface area contributed by atoms with E-state index in [1.807, 2.05) is 0 Å². The molecule has 0 amide bonds. The molecule has 0 aromatic rings. The summed E-state index contributed by atoms with van der Waals surface area (Å²) in [6, 6.07) is 0. The Morgan fingerprint density at radius 1 is 1.50 bits per heavy atom. The Bertz CT molecular complexity index is 38.5. The van der Waals surface area contributed by atoms with Crippen molar-refractivity contribution in [2.75, 3.05) is 6.67 Å². The monoisotopic (exact) mass is 99.0 g/mol. The molecule has 0 N–H and O–H groups in total. The second kappa shape index (κ2) is 1.47. The molecule has 0 aliphatic carbocycles. The standard InChI is InChI=1S/C2H2F3O/c3-1-2(4,5)6/h1H2/q-1. The minimum Gasteiger partial charge on any atom is -0.796 e. The topological polar surface area (TPSA) is 23.1 Å². The SMILES string of the molecule is [O-]C(F)(F)CF. The molecule has 0 bridgehead atoms. The highest BCUT2D eigenvalue weighted by Gasteiger charge is 2.09. The fourth-order valence-corrected chi connectivity index (χ4v) is 0. The van der Waals surface area contributed by atoms with Crippen LogP contribution >= 0.6 is 0 Å². The lowest BCUT2D eigenvalue weighted by atomic mass is 10.7. The van der Waals surface area contributed by atoms with Crippen molar-refractivity contribution in [1.82, 2.24) is 0 Å². The predicted octanol–water partition coefficient (Wildman–Crippen LogP) is -0.0910. The van der Waals surface area contributed by atoms with Gasteiger partial charge in [0.25, 0.3) is 0 Å². The van der Waals surface area contributed by atoms with Crippen molar-refractivity contribution >= 4 is 0 Å². The van der Waals surface area contributed by atoms with Crippen molar-refractivity contribution in [3.63, 3.8) is 0 Å². The quantitative estimate of drug-likeness (QED) is 0.450. The predicted molar refractivity (Wildman–Crippen MR) is 10.9 cm³/mol. The molecule has 0 aromatic heterocycles. The summed E-state index contributed by atoms with van der Waals surface area (Å²) in [4.78, 5) is 0. The highest BCUT2D eigenvalue weighted by molar-refractivity contribution is 4.35.